The summed E-state index contributed by atoms with van der Waals surface area (Å²) in [5.41, 5.74) is 0. The molecule has 0 aromatic heterocycles. The molecule has 0 aromatic carbocycles. The summed E-state index contributed by atoms with van der Waals surface area (Å²) in [6.07, 6.45) is 38.5. The van der Waals surface area contributed by atoms with Crippen LogP contribution in [-0.2, 0) is 18.4 Å². The van der Waals surface area contributed by atoms with Gasteiger partial charge in [-0.25, -0.2) is 0 Å². The van der Waals surface area contributed by atoms with Gasteiger partial charge in [0.25, 0.3) is 7.82 Å². The third kappa shape index (κ3) is 38.9. The number of rotatable bonds is 44. The number of unbranched alkanes of at least 4 members (excludes halogenated alkanes) is 30. The number of aliphatic hydroxyl groups is 2. The van der Waals surface area contributed by atoms with Crippen LogP contribution in [-0.4, -0.2) is 79.8 Å². The summed E-state index contributed by atoms with van der Waals surface area (Å²) in [7, 11) is 1.14. The van der Waals surface area contributed by atoms with Gasteiger partial charge in [-0.15, -0.1) is 0 Å². The predicted octanol–water partition coefficient (Wildman–Crippen LogP) is 11.7. The molecule has 0 spiro atoms. The van der Waals surface area contributed by atoms with Gasteiger partial charge in [0.15, 0.2) is 0 Å². The molecule has 0 radical (unpaired) electrons. The van der Waals surface area contributed by atoms with Gasteiger partial charge >= 0.3 is 0 Å². The summed E-state index contributed by atoms with van der Waals surface area (Å²) in [5, 5.41) is 24.6. The topological polar surface area (TPSA) is 128 Å². The van der Waals surface area contributed by atoms with Crippen molar-refractivity contribution < 1.29 is 38.0 Å². The summed E-state index contributed by atoms with van der Waals surface area (Å²) >= 11 is 0. The lowest BCUT2D eigenvalue weighted by Crippen LogP contribution is -2.51. The van der Waals surface area contributed by atoms with E-state index in [0.29, 0.717) is 17.4 Å². The van der Waals surface area contributed by atoms with E-state index >= 15 is 0 Å². The van der Waals surface area contributed by atoms with E-state index in [2.05, 4.69) is 19.2 Å². The third-order valence-corrected chi connectivity index (χ3v) is 12.2. The normalized spacial score (nSPS) is 14.8. The molecule has 336 valence electrons. The van der Waals surface area contributed by atoms with Crippen LogP contribution in [0.5, 0.6) is 0 Å². The Morgan fingerprint density at radius 1 is 0.571 bits per heavy atom. The molecule has 10 heteroatoms. The average Bonchev–Trinajstić information content (AvgIpc) is 3.15. The number of phosphoric acid groups is 1. The zero-order valence-corrected chi connectivity index (χ0v) is 38.6. The number of nitrogens with zero attached hydrogens (tertiary/aromatic N) is 1. The molecule has 0 rings (SSSR count). The van der Waals surface area contributed by atoms with Crippen molar-refractivity contribution in [3.05, 3.63) is 0 Å². The quantitative estimate of drug-likeness (QED) is 0.0317. The number of amides is 1. The van der Waals surface area contributed by atoms with Crippen LogP contribution in [0.25, 0.3) is 0 Å². The summed E-state index contributed by atoms with van der Waals surface area (Å²) < 4.78 is 23.2. The lowest BCUT2D eigenvalue weighted by molar-refractivity contribution is -0.870. The zero-order valence-electron chi connectivity index (χ0n) is 37.7. The van der Waals surface area contributed by atoms with Gasteiger partial charge in [0.05, 0.1) is 39.9 Å². The van der Waals surface area contributed by atoms with Gasteiger partial charge in [0.1, 0.15) is 19.3 Å². The van der Waals surface area contributed by atoms with Crippen LogP contribution in [0.1, 0.15) is 232 Å². The lowest BCUT2D eigenvalue weighted by atomic mass is 9.99. The Morgan fingerprint density at radius 3 is 1.27 bits per heavy atom. The zero-order chi connectivity index (χ0) is 41.6. The Morgan fingerprint density at radius 2 is 0.911 bits per heavy atom. The molecule has 0 fully saturated rings. The van der Waals surface area contributed by atoms with E-state index in [1.165, 1.54) is 167 Å². The molecule has 4 unspecified atom stereocenters. The van der Waals surface area contributed by atoms with Gasteiger partial charge in [-0.05, 0) is 12.8 Å². The summed E-state index contributed by atoms with van der Waals surface area (Å²) in [4.78, 5) is 25.4. The molecular formula is C46H95N2O7P. The number of nitrogens with one attached hydrogen (secondary N) is 1. The van der Waals surface area contributed by atoms with Crippen molar-refractivity contribution in [2.45, 2.75) is 250 Å². The first-order chi connectivity index (χ1) is 26.9. The number of aliphatic hydroxyl groups excluding tert-OH is 2. The van der Waals surface area contributed by atoms with Gasteiger partial charge in [0, 0.05) is 6.42 Å². The van der Waals surface area contributed by atoms with Gasteiger partial charge in [0.2, 0.25) is 5.91 Å². The molecule has 56 heavy (non-hydrogen) atoms. The van der Waals surface area contributed by atoms with E-state index in [4.69, 9.17) is 9.05 Å². The molecule has 0 aromatic rings. The van der Waals surface area contributed by atoms with E-state index in [1.807, 2.05) is 21.1 Å². The molecule has 9 nitrogen and oxygen atoms in total. The number of hydrogen-bond acceptors (Lipinski definition) is 7. The third-order valence-electron chi connectivity index (χ3n) is 11.2. The standard InChI is InChI=1S/C46H95N2O7P/c1-6-8-10-12-14-16-18-20-21-22-23-24-25-26-27-29-31-33-35-37-39-45(50)47-43(42-55-56(52,53)54-41-40-48(3,4)5)46(51)44(49)38-36-34-32-30-28-19-17-15-13-11-9-7-2/h43-44,46,49,51H,6-42H2,1-5H3,(H-,47,50,52,53). The second kappa shape index (κ2) is 38.6. The van der Waals surface area contributed by atoms with Crippen molar-refractivity contribution in [3.63, 3.8) is 0 Å². The van der Waals surface area contributed by atoms with Gasteiger partial charge in [-0.1, -0.05) is 213 Å². The van der Waals surface area contributed by atoms with Crippen LogP contribution in [0.4, 0.5) is 0 Å². The molecule has 0 bridgehead atoms. The van der Waals surface area contributed by atoms with E-state index < -0.39 is 32.7 Å². The minimum absolute atomic E-state index is 0.0368. The van der Waals surface area contributed by atoms with Crippen molar-refractivity contribution in [1.29, 1.82) is 0 Å². The Bertz CT molecular complexity index is 903. The van der Waals surface area contributed by atoms with Crippen molar-refractivity contribution >= 4 is 13.7 Å². The number of quaternary nitrogens is 1. The second-order valence-corrected chi connectivity index (χ2v) is 19.4. The maximum absolute atomic E-state index is 12.9. The number of likely N-dealkylation sites (N-methyl/N-ethyl adjacent to an activating group) is 1. The highest BCUT2D eigenvalue weighted by Gasteiger charge is 2.29. The summed E-state index contributed by atoms with van der Waals surface area (Å²) in [6, 6.07) is -1.07. The molecule has 3 N–H and O–H groups in total. The maximum atomic E-state index is 12.9. The number of phosphoric ester groups is 1. The SMILES string of the molecule is CCCCCCCCCCCCCCCCCCCCCCC(=O)NC(COP(=O)([O-])OCC[N+](C)(C)C)C(O)C(O)CCCCCCCCCCCCCC. The van der Waals surface area contributed by atoms with E-state index in [0.717, 1.165) is 38.5 Å². The summed E-state index contributed by atoms with van der Waals surface area (Å²) in [5.74, 6) is -0.274. The molecule has 4 atom stereocenters. The van der Waals surface area contributed by atoms with Crippen LogP contribution in [0.3, 0.4) is 0 Å². The first kappa shape index (κ1) is 55.5. The fraction of sp³-hybridized carbons (Fsp3) is 0.978. The number of carbonyl (C=O) groups is 1. The van der Waals surface area contributed by atoms with E-state index in [-0.39, 0.29) is 18.9 Å². The Hall–Kier alpha value is -0.540. The van der Waals surface area contributed by atoms with Gasteiger partial charge in [-0.3, -0.25) is 9.36 Å². The average molecular weight is 819 g/mol. The Kier molecular flexibility index (Phi) is 38.3. The monoisotopic (exact) mass is 819 g/mol. The molecule has 0 aliphatic heterocycles. The molecule has 0 heterocycles. The maximum Gasteiger partial charge on any atom is 0.268 e. The van der Waals surface area contributed by atoms with Crippen LogP contribution in [0.15, 0.2) is 0 Å². The van der Waals surface area contributed by atoms with Crippen LogP contribution in [0, 0.1) is 0 Å². The van der Waals surface area contributed by atoms with Crippen molar-refractivity contribution in [2.24, 2.45) is 0 Å². The highest BCUT2D eigenvalue weighted by atomic mass is 31.2. The van der Waals surface area contributed by atoms with Crippen LogP contribution < -0.4 is 10.2 Å². The minimum atomic E-state index is -4.66. The lowest BCUT2D eigenvalue weighted by Gasteiger charge is -2.31. The highest BCUT2D eigenvalue weighted by molar-refractivity contribution is 7.45. The molecule has 1 amide bonds. The molecular weight excluding hydrogens is 723 g/mol. The number of carbonyl (C=O) groups excluding carboxylic acids is 1. The van der Waals surface area contributed by atoms with Gasteiger partial charge < -0.3 is 34.0 Å². The van der Waals surface area contributed by atoms with E-state index in [9.17, 15) is 24.5 Å². The minimum Gasteiger partial charge on any atom is -0.756 e. The highest BCUT2D eigenvalue weighted by Crippen LogP contribution is 2.38. The Labute approximate surface area is 347 Å². The largest absolute Gasteiger partial charge is 0.756 e. The first-order valence-electron chi connectivity index (χ1n) is 24.0. The van der Waals surface area contributed by atoms with Crippen molar-refractivity contribution in [3.8, 4) is 0 Å². The molecule has 0 aliphatic carbocycles. The number of hydrogen-bond donors (Lipinski definition) is 3. The predicted molar refractivity (Wildman–Crippen MR) is 235 cm³/mol. The molecule has 0 saturated carbocycles. The fourth-order valence-electron chi connectivity index (χ4n) is 7.31. The molecule has 0 saturated heterocycles. The Balaban J connectivity index is 4.35. The van der Waals surface area contributed by atoms with E-state index in [1.54, 1.807) is 0 Å². The molecule has 0 aliphatic rings. The fourth-order valence-corrected chi connectivity index (χ4v) is 8.04. The first-order valence-corrected chi connectivity index (χ1v) is 25.4. The van der Waals surface area contributed by atoms with Crippen LogP contribution >= 0.6 is 7.82 Å². The summed E-state index contributed by atoms with van der Waals surface area (Å²) in [6.45, 7) is 4.46. The van der Waals surface area contributed by atoms with Gasteiger partial charge in [-0.2, -0.15) is 0 Å². The van der Waals surface area contributed by atoms with Crippen molar-refractivity contribution in [1.82, 2.24) is 5.32 Å². The van der Waals surface area contributed by atoms with Crippen molar-refractivity contribution in [2.75, 3.05) is 40.9 Å². The van der Waals surface area contributed by atoms with Crippen LogP contribution in [0.2, 0.25) is 0 Å². The second-order valence-electron chi connectivity index (χ2n) is 18.0. The smallest absolute Gasteiger partial charge is 0.268 e.